The van der Waals surface area contributed by atoms with Crippen molar-refractivity contribution in [3.05, 3.63) is 64.4 Å². The fraction of sp³-hybridized carbons (Fsp3) is 0.263. The van der Waals surface area contributed by atoms with Crippen LogP contribution < -0.4 is 10.6 Å². The van der Waals surface area contributed by atoms with Crippen molar-refractivity contribution in [2.45, 2.75) is 26.8 Å². The van der Waals surface area contributed by atoms with Crippen molar-refractivity contribution in [3.8, 4) is 0 Å². The van der Waals surface area contributed by atoms with Gasteiger partial charge in [0.2, 0.25) is 5.91 Å². The molecule has 2 N–H and O–H groups in total. The Morgan fingerprint density at radius 2 is 1.80 bits per heavy atom. The van der Waals surface area contributed by atoms with Crippen LogP contribution in [0.4, 0.5) is 10.1 Å². The number of carbonyl (C=O) groups excluding carboxylic acids is 2. The van der Waals surface area contributed by atoms with Crippen LogP contribution in [0.5, 0.6) is 0 Å². The largest absolute Gasteiger partial charge is 0.340 e. The predicted octanol–water partition coefficient (Wildman–Crippen LogP) is 4.18. The van der Waals surface area contributed by atoms with Crippen LogP contribution in [0.2, 0.25) is 5.02 Å². The van der Waals surface area contributed by atoms with Gasteiger partial charge in [-0.25, -0.2) is 4.39 Å². The van der Waals surface area contributed by atoms with Gasteiger partial charge in [0.15, 0.2) is 0 Å². The molecule has 0 radical (unpaired) electrons. The number of hydrogen-bond acceptors (Lipinski definition) is 2. The van der Waals surface area contributed by atoms with Crippen LogP contribution in [0.1, 0.15) is 29.8 Å². The van der Waals surface area contributed by atoms with Crippen molar-refractivity contribution < 1.29 is 14.0 Å². The summed E-state index contributed by atoms with van der Waals surface area (Å²) in [6.07, 6.45) is 0. The molecule has 2 rings (SSSR count). The molecule has 132 valence electrons. The topological polar surface area (TPSA) is 58.2 Å². The molecule has 0 spiro atoms. The molecule has 0 saturated heterocycles. The quantitative estimate of drug-likeness (QED) is 0.838. The molecule has 0 aromatic heterocycles. The lowest BCUT2D eigenvalue weighted by Crippen LogP contribution is -2.47. The first-order valence-electron chi connectivity index (χ1n) is 7.92. The second-order valence-corrected chi connectivity index (χ2v) is 6.56. The summed E-state index contributed by atoms with van der Waals surface area (Å²) >= 11 is 5.91. The standard InChI is InChI=1S/C19H20ClFN2O2/c1-11(2)17(23-18(24)14-6-4-5-7-15(14)21)19(25)22-16-9-8-13(20)10-12(16)3/h4-11,17H,1-3H3,(H,22,25)(H,23,24)/t17-/m0/s1. The first-order valence-corrected chi connectivity index (χ1v) is 8.29. The molecule has 0 saturated carbocycles. The lowest BCUT2D eigenvalue weighted by molar-refractivity contribution is -0.118. The average Bonchev–Trinajstić information content (AvgIpc) is 2.55. The maximum atomic E-state index is 13.8. The van der Waals surface area contributed by atoms with Crippen LogP contribution in [0, 0.1) is 18.7 Å². The second kappa shape index (κ2) is 8.12. The van der Waals surface area contributed by atoms with E-state index in [0.717, 1.165) is 5.56 Å². The molecule has 0 bridgehead atoms. The third-order valence-corrected chi connectivity index (χ3v) is 4.04. The smallest absolute Gasteiger partial charge is 0.254 e. The fourth-order valence-electron chi connectivity index (χ4n) is 2.38. The van der Waals surface area contributed by atoms with Crippen molar-refractivity contribution in [1.82, 2.24) is 5.32 Å². The van der Waals surface area contributed by atoms with E-state index in [0.29, 0.717) is 10.7 Å². The second-order valence-electron chi connectivity index (χ2n) is 6.12. The lowest BCUT2D eigenvalue weighted by atomic mass is 10.0. The molecule has 6 heteroatoms. The van der Waals surface area contributed by atoms with E-state index in [1.165, 1.54) is 18.2 Å². The molecule has 25 heavy (non-hydrogen) atoms. The molecule has 2 aromatic carbocycles. The third-order valence-electron chi connectivity index (χ3n) is 3.80. The normalized spacial score (nSPS) is 11.9. The van der Waals surface area contributed by atoms with Crippen molar-refractivity contribution in [3.63, 3.8) is 0 Å². The molecule has 0 unspecified atom stereocenters. The van der Waals surface area contributed by atoms with Crippen LogP contribution in [-0.2, 0) is 4.79 Å². The Morgan fingerprint density at radius 3 is 2.40 bits per heavy atom. The number of nitrogens with one attached hydrogen (secondary N) is 2. The van der Waals surface area contributed by atoms with Crippen molar-refractivity contribution in [2.75, 3.05) is 5.32 Å². The summed E-state index contributed by atoms with van der Waals surface area (Å²) in [5, 5.41) is 5.96. The molecule has 0 aliphatic heterocycles. The highest BCUT2D eigenvalue weighted by molar-refractivity contribution is 6.30. The van der Waals surface area contributed by atoms with E-state index >= 15 is 0 Å². The Hall–Kier alpha value is -2.40. The lowest BCUT2D eigenvalue weighted by Gasteiger charge is -2.22. The van der Waals surface area contributed by atoms with E-state index in [1.807, 2.05) is 6.92 Å². The molecule has 2 aromatic rings. The minimum Gasteiger partial charge on any atom is -0.340 e. The van der Waals surface area contributed by atoms with Gasteiger partial charge in [0, 0.05) is 10.7 Å². The average molecular weight is 363 g/mol. The van der Waals surface area contributed by atoms with Crippen molar-refractivity contribution in [2.24, 2.45) is 5.92 Å². The summed E-state index contributed by atoms with van der Waals surface area (Å²) in [7, 11) is 0. The minimum atomic E-state index is -0.804. The third kappa shape index (κ3) is 4.79. The van der Waals surface area contributed by atoms with Crippen LogP contribution in [-0.4, -0.2) is 17.9 Å². The number of amides is 2. The molecule has 4 nitrogen and oxygen atoms in total. The van der Waals surface area contributed by atoms with Crippen LogP contribution >= 0.6 is 11.6 Å². The number of aryl methyl sites for hydroxylation is 1. The van der Waals surface area contributed by atoms with Gasteiger partial charge in [-0.3, -0.25) is 9.59 Å². The molecule has 0 aliphatic rings. The molecular formula is C19H20ClFN2O2. The highest BCUT2D eigenvalue weighted by atomic mass is 35.5. The number of carbonyl (C=O) groups is 2. The summed E-state index contributed by atoms with van der Waals surface area (Å²) in [5.41, 5.74) is 1.33. The Morgan fingerprint density at radius 1 is 1.12 bits per heavy atom. The SMILES string of the molecule is Cc1cc(Cl)ccc1NC(=O)[C@@H](NC(=O)c1ccccc1F)C(C)C. The molecule has 0 aliphatic carbocycles. The Kier molecular flexibility index (Phi) is 6.15. The van der Waals surface area contributed by atoms with Gasteiger partial charge in [0.1, 0.15) is 11.9 Å². The number of hydrogen-bond donors (Lipinski definition) is 2. The zero-order valence-electron chi connectivity index (χ0n) is 14.3. The first kappa shape index (κ1) is 18.9. The van der Waals surface area contributed by atoms with Gasteiger partial charge < -0.3 is 10.6 Å². The molecule has 1 atom stereocenters. The number of anilines is 1. The Balaban J connectivity index is 2.16. The Bertz CT molecular complexity index is 793. The van der Waals surface area contributed by atoms with Crippen LogP contribution in [0.15, 0.2) is 42.5 Å². The summed E-state index contributed by atoms with van der Waals surface area (Å²) in [6, 6.07) is 9.96. The summed E-state index contributed by atoms with van der Waals surface area (Å²) < 4.78 is 13.8. The van der Waals surface area contributed by atoms with E-state index in [9.17, 15) is 14.0 Å². The molecule has 0 heterocycles. The number of benzene rings is 2. The summed E-state index contributed by atoms with van der Waals surface area (Å²) in [4.78, 5) is 24.9. The highest BCUT2D eigenvalue weighted by Crippen LogP contribution is 2.20. The summed E-state index contributed by atoms with van der Waals surface area (Å²) in [5.74, 6) is -1.80. The maximum Gasteiger partial charge on any atom is 0.254 e. The maximum absolute atomic E-state index is 13.8. The monoisotopic (exact) mass is 362 g/mol. The minimum absolute atomic E-state index is 0.0939. The van der Waals surface area contributed by atoms with Gasteiger partial charge in [-0.05, 0) is 48.7 Å². The van der Waals surface area contributed by atoms with E-state index in [-0.39, 0.29) is 17.4 Å². The fourth-order valence-corrected chi connectivity index (χ4v) is 2.60. The zero-order chi connectivity index (χ0) is 18.6. The number of halogens is 2. The summed E-state index contributed by atoms with van der Waals surface area (Å²) in [6.45, 7) is 5.44. The van der Waals surface area contributed by atoms with Gasteiger partial charge >= 0.3 is 0 Å². The van der Waals surface area contributed by atoms with Gasteiger partial charge in [0.25, 0.3) is 5.91 Å². The predicted molar refractivity (Wildman–Crippen MR) is 97.3 cm³/mol. The van der Waals surface area contributed by atoms with Gasteiger partial charge in [-0.1, -0.05) is 37.6 Å². The van der Waals surface area contributed by atoms with Gasteiger partial charge in [-0.15, -0.1) is 0 Å². The van der Waals surface area contributed by atoms with E-state index in [2.05, 4.69) is 10.6 Å². The first-order chi connectivity index (χ1) is 11.8. The molecule has 0 fully saturated rings. The van der Waals surface area contributed by atoms with E-state index < -0.39 is 17.8 Å². The molecular weight excluding hydrogens is 343 g/mol. The highest BCUT2D eigenvalue weighted by Gasteiger charge is 2.26. The van der Waals surface area contributed by atoms with E-state index in [4.69, 9.17) is 11.6 Å². The van der Waals surface area contributed by atoms with E-state index in [1.54, 1.807) is 38.1 Å². The van der Waals surface area contributed by atoms with Gasteiger partial charge in [0.05, 0.1) is 5.56 Å². The van der Waals surface area contributed by atoms with Crippen LogP contribution in [0.3, 0.4) is 0 Å². The van der Waals surface area contributed by atoms with Gasteiger partial charge in [-0.2, -0.15) is 0 Å². The zero-order valence-corrected chi connectivity index (χ0v) is 15.0. The number of rotatable bonds is 5. The van der Waals surface area contributed by atoms with Crippen LogP contribution in [0.25, 0.3) is 0 Å². The molecule has 2 amide bonds. The van der Waals surface area contributed by atoms with Crippen molar-refractivity contribution in [1.29, 1.82) is 0 Å². The van der Waals surface area contributed by atoms with Crippen molar-refractivity contribution >= 4 is 29.1 Å². The Labute approximate surface area is 151 Å².